The summed E-state index contributed by atoms with van der Waals surface area (Å²) in [5.41, 5.74) is 10.2. The first-order chi connectivity index (χ1) is 10.1. The molecule has 3 heteroatoms. The Balaban J connectivity index is 2.17. The molecule has 0 aromatic heterocycles. The van der Waals surface area contributed by atoms with E-state index in [9.17, 15) is 0 Å². The first-order valence-electron chi connectivity index (χ1n) is 7.38. The van der Waals surface area contributed by atoms with Crippen LogP contribution in [0.2, 0.25) is 0 Å². The maximum Gasteiger partial charge on any atom is 0.0681 e. The zero-order valence-electron chi connectivity index (χ0n) is 12.8. The molecule has 2 aromatic rings. The summed E-state index contributed by atoms with van der Waals surface area (Å²) in [4.78, 5) is 2.36. The molecule has 0 aliphatic heterocycles. The topological polar surface area (TPSA) is 49.5 Å². The number of hydrogen-bond donors (Lipinski definition) is 2. The molecule has 2 rings (SSSR count). The number of benzene rings is 2. The van der Waals surface area contributed by atoms with Crippen molar-refractivity contribution in [1.82, 2.24) is 0 Å². The van der Waals surface area contributed by atoms with Crippen molar-refractivity contribution in [1.29, 1.82) is 0 Å². The van der Waals surface area contributed by atoms with Gasteiger partial charge in [0.05, 0.1) is 6.61 Å². The van der Waals surface area contributed by atoms with Gasteiger partial charge >= 0.3 is 0 Å². The molecule has 0 aliphatic carbocycles. The van der Waals surface area contributed by atoms with Crippen molar-refractivity contribution >= 4 is 5.69 Å². The van der Waals surface area contributed by atoms with Crippen molar-refractivity contribution in [3.63, 3.8) is 0 Å². The summed E-state index contributed by atoms with van der Waals surface area (Å²) in [6.07, 6.45) is 0. The van der Waals surface area contributed by atoms with E-state index in [1.807, 2.05) is 12.1 Å². The molecular formula is C18H24N2O. The fourth-order valence-electron chi connectivity index (χ4n) is 2.34. The van der Waals surface area contributed by atoms with Gasteiger partial charge in [-0.2, -0.15) is 0 Å². The minimum absolute atomic E-state index is 0.0920. The molecule has 0 spiro atoms. The Morgan fingerprint density at radius 2 is 1.43 bits per heavy atom. The van der Waals surface area contributed by atoms with Gasteiger partial charge in [-0.3, -0.25) is 0 Å². The summed E-state index contributed by atoms with van der Waals surface area (Å²) in [5.74, 6) is 0. The predicted octanol–water partition coefficient (Wildman–Crippen LogP) is 3.05. The van der Waals surface area contributed by atoms with E-state index in [4.69, 9.17) is 10.8 Å². The average Bonchev–Trinajstić information content (AvgIpc) is 2.53. The molecule has 3 nitrogen and oxygen atoms in total. The second-order valence-corrected chi connectivity index (χ2v) is 5.57. The Hall–Kier alpha value is -1.84. The maximum atomic E-state index is 9.11. The number of anilines is 1. The molecule has 0 heterocycles. The lowest BCUT2D eigenvalue weighted by Gasteiger charge is -2.29. The molecular weight excluding hydrogens is 260 g/mol. The Bertz CT molecular complexity index is 546. The number of hydrogen-bond acceptors (Lipinski definition) is 3. The molecule has 112 valence electrons. The van der Waals surface area contributed by atoms with E-state index >= 15 is 0 Å². The molecule has 0 radical (unpaired) electrons. The summed E-state index contributed by atoms with van der Waals surface area (Å²) >= 11 is 0. The van der Waals surface area contributed by atoms with Gasteiger partial charge in [0.15, 0.2) is 0 Å². The van der Waals surface area contributed by atoms with Crippen LogP contribution in [-0.4, -0.2) is 11.1 Å². The number of nitrogens with zero attached hydrogens (tertiary/aromatic N) is 1. The third kappa shape index (κ3) is 4.06. The van der Waals surface area contributed by atoms with Gasteiger partial charge in [-0.05, 0) is 42.7 Å². The van der Waals surface area contributed by atoms with Gasteiger partial charge in [-0.15, -0.1) is 0 Å². The van der Waals surface area contributed by atoms with Crippen LogP contribution in [0.25, 0.3) is 0 Å². The zero-order chi connectivity index (χ0) is 15.2. The van der Waals surface area contributed by atoms with E-state index in [1.165, 1.54) is 11.3 Å². The molecule has 0 bridgehead atoms. The molecule has 0 atom stereocenters. The highest BCUT2D eigenvalue weighted by molar-refractivity contribution is 5.49. The van der Waals surface area contributed by atoms with E-state index in [2.05, 4.69) is 55.1 Å². The first kappa shape index (κ1) is 15.5. The monoisotopic (exact) mass is 284 g/mol. The van der Waals surface area contributed by atoms with Crippen LogP contribution in [0.5, 0.6) is 0 Å². The number of aliphatic hydroxyl groups is 1. The van der Waals surface area contributed by atoms with Crippen LogP contribution in [0.3, 0.4) is 0 Å². The van der Waals surface area contributed by atoms with Gasteiger partial charge in [0.2, 0.25) is 0 Å². The van der Waals surface area contributed by atoms with Crippen LogP contribution in [0.15, 0.2) is 48.5 Å². The van der Waals surface area contributed by atoms with E-state index < -0.39 is 0 Å². The van der Waals surface area contributed by atoms with Gasteiger partial charge < -0.3 is 15.7 Å². The standard InChI is InChI=1S/C18H24N2O/c1-14(2)20(18-9-7-15(11-19)8-10-18)12-16-3-5-17(13-21)6-4-16/h3-10,14,21H,11-13,19H2,1-2H3. The van der Waals surface area contributed by atoms with Crippen LogP contribution in [0, 0.1) is 0 Å². The van der Waals surface area contributed by atoms with Crippen molar-refractivity contribution in [2.75, 3.05) is 4.90 Å². The fraction of sp³-hybridized carbons (Fsp3) is 0.333. The normalized spacial score (nSPS) is 10.9. The molecule has 0 unspecified atom stereocenters. The van der Waals surface area contributed by atoms with Crippen molar-refractivity contribution in [3.8, 4) is 0 Å². The number of nitrogens with two attached hydrogens (primary N) is 1. The van der Waals surface area contributed by atoms with Gasteiger partial charge in [-0.1, -0.05) is 36.4 Å². The third-order valence-corrected chi connectivity index (χ3v) is 3.69. The van der Waals surface area contributed by atoms with Crippen molar-refractivity contribution in [3.05, 3.63) is 65.2 Å². The number of aliphatic hydroxyl groups excluding tert-OH is 1. The Kier molecular flexibility index (Phi) is 5.37. The van der Waals surface area contributed by atoms with Crippen LogP contribution in [-0.2, 0) is 19.7 Å². The van der Waals surface area contributed by atoms with E-state index in [0.29, 0.717) is 12.6 Å². The second kappa shape index (κ2) is 7.25. The summed E-state index contributed by atoms with van der Waals surface area (Å²) in [6.45, 7) is 5.91. The Labute approximate surface area is 127 Å². The largest absolute Gasteiger partial charge is 0.392 e. The second-order valence-electron chi connectivity index (χ2n) is 5.57. The molecule has 0 amide bonds. The summed E-state index contributed by atoms with van der Waals surface area (Å²) in [6, 6.07) is 16.9. The molecule has 0 saturated carbocycles. The summed E-state index contributed by atoms with van der Waals surface area (Å²) in [5, 5.41) is 9.11. The zero-order valence-corrected chi connectivity index (χ0v) is 12.8. The number of rotatable bonds is 6. The lowest BCUT2D eigenvalue weighted by molar-refractivity contribution is 0.282. The summed E-state index contributed by atoms with van der Waals surface area (Å²) < 4.78 is 0. The van der Waals surface area contributed by atoms with Crippen LogP contribution < -0.4 is 10.6 Å². The minimum Gasteiger partial charge on any atom is -0.392 e. The minimum atomic E-state index is 0.0920. The van der Waals surface area contributed by atoms with Crippen LogP contribution in [0.4, 0.5) is 5.69 Å². The summed E-state index contributed by atoms with van der Waals surface area (Å²) in [7, 11) is 0. The highest BCUT2D eigenvalue weighted by atomic mass is 16.3. The highest BCUT2D eigenvalue weighted by Crippen LogP contribution is 2.21. The van der Waals surface area contributed by atoms with Gasteiger partial charge in [0.25, 0.3) is 0 Å². The average molecular weight is 284 g/mol. The smallest absolute Gasteiger partial charge is 0.0681 e. The predicted molar refractivity (Wildman–Crippen MR) is 88.0 cm³/mol. The quantitative estimate of drug-likeness (QED) is 0.857. The molecule has 21 heavy (non-hydrogen) atoms. The Morgan fingerprint density at radius 1 is 0.905 bits per heavy atom. The van der Waals surface area contributed by atoms with E-state index in [0.717, 1.165) is 17.7 Å². The molecule has 0 fully saturated rings. The SMILES string of the molecule is CC(C)N(Cc1ccc(CO)cc1)c1ccc(CN)cc1. The lowest BCUT2D eigenvalue weighted by Crippen LogP contribution is -2.30. The van der Waals surface area contributed by atoms with E-state index in [1.54, 1.807) is 0 Å². The first-order valence-corrected chi connectivity index (χ1v) is 7.38. The molecule has 0 saturated heterocycles. The van der Waals surface area contributed by atoms with Crippen molar-refractivity contribution in [2.45, 2.75) is 39.6 Å². The maximum absolute atomic E-state index is 9.11. The van der Waals surface area contributed by atoms with Gasteiger partial charge in [0.1, 0.15) is 0 Å². The van der Waals surface area contributed by atoms with Gasteiger partial charge in [0, 0.05) is 24.8 Å². The third-order valence-electron chi connectivity index (χ3n) is 3.69. The van der Waals surface area contributed by atoms with Crippen LogP contribution in [0.1, 0.15) is 30.5 Å². The van der Waals surface area contributed by atoms with Crippen molar-refractivity contribution in [2.24, 2.45) is 5.73 Å². The molecule has 2 aromatic carbocycles. The van der Waals surface area contributed by atoms with Gasteiger partial charge in [-0.25, -0.2) is 0 Å². The van der Waals surface area contributed by atoms with Crippen molar-refractivity contribution < 1.29 is 5.11 Å². The highest BCUT2D eigenvalue weighted by Gasteiger charge is 2.11. The van der Waals surface area contributed by atoms with E-state index in [-0.39, 0.29) is 6.61 Å². The fourth-order valence-corrected chi connectivity index (χ4v) is 2.34. The lowest BCUT2D eigenvalue weighted by atomic mass is 10.1. The Morgan fingerprint density at radius 3 is 1.90 bits per heavy atom. The van der Waals surface area contributed by atoms with Crippen LogP contribution >= 0.6 is 0 Å². The molecule has 0 aliphatic rings. The molecule has 3 N–H and O–H groups in total.